The van der Waals surface area contributed by atoms with Crippen molar-refractivity contribution < 1.29 is 0 Å². The maximum absolute atomic E-state index is 5.97. The quantitative estimate of drug-likeness (QED) is 0.0580. The van der Waals surface area contributed by atoms with Gasteiger partial charge in [-0.15, -0.1) is 0 Å². The Morgan fingerprint density at radius 2 is 0.450 bits per heavy atom. The summed E-state index contributed by atoms with van der Waals surface area (Å²) in [7, 11) is -6.18. The Morgan fingerprint density at radius 3 is 0.758 bits per heavy atom. The van der Waals surface area contributed by atoms with Gasteiger partial charge in [-0.2, -0.15) is 19.9 Å². The third-order valence-corrected chi connectivity index (χ3v) is 33.2. The Labute approximate surface area is 701 Å². The molecular weight excluding hydrogens is 1490 g/mol. The van der Waals surface area contributed by atoms with E-state index in [0.717, 1.165) is 101 Å². The van der Waals surface area contributed by atoms with Gasteiger partial charge < -0.3 is 4.90 Å². The number of rotatable bonds is 19. The van der Waals surface area contributed by atoms with Crippen LogP contribution in [0, 0.1) is 0 Å². The summed E-state index contributed by atoms with van der Waals surface area (Å²) in [6.07, 6.45) is 0. The summed E-state index contributed by atoms with van der Waals surface area (Å²) < 4.78 is 0. The molecule has 0 spiro atoms. The number of aromatic nitrogens is 6. The predicted molar refractivity (Wildman–Crippen MR) is 502 cm³/mol. The van der Waals surface area contributed by atoms with E-state index in [1.165, 1.54) is 41.5 Å². The van der Waals surface area contributed by atoms with E-state index in [2.05, 4.69) is 464 Å². The van der Waals surface area contributed by atoms with Gasteiger partial charge in [0.15, 0.2) is 39.4 Å². The average molecular weight is 1570 g/mol. The minimum absolute atomic E-state index is 0.423. The second-order valence-electron chi connectivity index (χ2n) is 30.4. The van der Waals surface area contributed by atoms with E-state index in [0.29, 0.717) is 35.2 Å². The van der Waals surface area contributed by atoms with Gasteiger partial charge in [-0.05, 0) is 129 Å². The van der Waals surface area contributed by atoms with E-state index < -0.39 is 22.9 Å². The predicted octanol–water partition coefficient (Wildman–Crippen LogP) is 18.4. The first-order valence-corrected chi connectivity index (χ1v) is 44.8. The number of anilines is 9. The molecular formula is C108H76BN9Si2. The third kappa shape index (κ3) is 12.9. The maximum atomic E-state index is 5.97. The zero-order chi connectivity index (χ0) is 79.8. The Kier molecular flexibility index (Phi) is 18.9. The largest absolute Gasteiger partial charge is 0.310 e. The fourth-order valence-electron chi connectivity index (χ4n) is 18.3. The molecule has 0 radical (unpaired) electrons. The summed E-state index contributed by atoms with van der Waals surface area (Å²) in [4.78, 5) is 41.9. The van der Waals surface area contributed by atoms with E-state index in [4.69, 9.17) is 29.9 Å². The fourth-order valence-corrected chi connectivity index (χ4v) is 27.9. The molecule has 564 valence electrons. The van der Waals surface area contributed by atoms with Crippen molar-refractivity contribution in [3.63, 3.8) is 0 Å². The minimum Gasteiger partial charge on any atom is -0.310 e. The lowest BCUT2D eigenvalue weighted by molar-refractivity contribution is 1.02. The first-order valence-electron chi connectivity index (χ1n) is 40.8. The smallest absolute Gasteiger partial charge is 0.252 e. The van der Waals surface area contributed by atoms with Crippen molar-refractivity contribution in [2.24, 2.45) is 0 Å². The van der Waals surface area contributed by atoms with Crippen molar-refractivity contribution in [1.29, 1.82) is 0 Å². The number of nitrogens with zero attached hydrogens (tertiary/aromatic N) is 9. The van der Waals surface area contributed by atoms with Crippen LogP contribution < -0.4 is 72.6 Å². The summed E-state index contributed by atoms with van der Waals surface area (Å²) >= 11 is 0. The van der Waals surface area contributed by atoms with Crippen LogP contribution in [0.2, 0.25) is 0 Å². The summed E-state index contributed by atoms with van der Waals surface area (Å²) in [6.45, 7) is -0.423. The molecule has 12 heteroatoms. The second-order valence-corrected chi connectivity index (χ2v) is 38.1. The van der Waals surface area contributed by atoms with Crippen molar-refractivity contribution in [2.45, 2.75) is 0 Å². The molecule has 9 nitrogen and oxygen atoms in total. The van der Waals surface area contributed by atoms with Crippen LogP contribution in [0.4, 0.5) is 51.7 Å². The molecule has 0 amide bonds. The van der Waals surface area contributed by atoms with Crippen LogP contribution in [0.25, 0.3) is 67.8 Å². The molecule has 0 N–H and O–H groups in total. The monoisotopic (exact) mass is 1570 g/mol. The highest BCUT2D eigenvalue weighted by atomic mass is 28.3. The van der Waals surface area contributed by atoms with Crippen molar-refractivity contribution in [3.05, 3.63) is 461 Å². The van der Waals surface area contributed by atoms with Gasteiger partial charge in [-0.1, -0.05) is 413 Å². The summed E-state index contributed by atoms with van der Waals surface area (Å²) in [6, 6.07) is 167. The summed E-state index contributed by atoms with van der Waals surface area (Å²) in [5.41, 5.74) is 17.1. The van der Waals surface area contributed by atoms with E-state index >= 15 is 0 Å². The SMILES string of the molecule is c1ccc(-c2ccc3c(c2)B2c4cc(-c5ccccc5)ccc4N(c4nc(-c5ccccc5)nc(-c5cccc([Si](c6ccccc6)(c6ccccc6)c6ccccc6)c5)n4)c4cc(N(c5ccccc5)c5ccccc5)cc(c42)N3c2nc(-c3ccccc3)nc(-c3cccc([Si](c4ccccc4)(c4ccccc4)c4ccccc4)c3)n2)cc1. The number of benzene rings is 17. The van der Waals surface area contributed by atoms with E-state index in [1.807, 2.05) is 12.1 Å². The molecule has 0 unspecified atom stereocenters. The second kappa shape index (κ2) is 31.4. The molecule has 4 heterocycles. The van der Waals surface area contributed by atoms with Crippen molar-refractivity contribution in [2.75, 3.05) is 14.7 Å². The van der Waals surface area contributed by atoms with Gasteiger partial charge in [0.25, 0.3) is 6.71 Å². The standard InChI is InChI=1S/C108H76BN9Si2/c1-13-39-77(40-14-1)81-67-69-98-96(73-81)109-97-74-82(78-41-15-2-16-42-78)68-70-99(97)118(108-113-104(80-45-19-4-20-46-80)111-106(115-108)84-48-38-66-95(72-84)120(91-59-31-10-32-60-91,92-61-33-11-34-62-92)93-63-35-12-36-64-93)101-76-87(116(85-49-21-5-22-50-85)86-51-23-6-24-52-86)75-100(102(101)109)117(98)107-112-103(79-43-17-3-18-44-79)110-105(114-107)83-47-37-65-94(71-83)119(88-53-25-7-26-54-88,89-55-27-8-28-56-89)90-57-29-9-30-58-90/h1-76H. The fraction of sp³-hybridized carbons (Fsp3) is 0. The third-order valence-electron chi connectivity index (χ3n) is 23.6. The van der Waals surface area contributed by atoms with Gasteiger partial charge >= 0.3 is 0 Å². The van der Waals surface area contributed by atoms with Gasteiger partial charge in [-0.3, -0.25) is 9.80 Å². The molecule has 17 aromatic carbocycles. The molecule has 2 aromatic heterocycles. The van der Waals surface area contributed by atoms with E-state index in [-0.39, 0.29) is 0 Å². The first-order chi connectivity index (χ1) is 59.5. The van der Waals surface area contributed by atoms with Crippen LogP contribution in [0.3, 0.4) is 0 Å². The lowest BCUT2D eigenvalue weighted by Crippen LogP contribution is -2.74. The Morgan fingerprint density at radius 1 is 0.192 bits per heavy atom. The molecule has 120 heavy (non-hydrogen) atoms. The van der Waals surface area contributed by atoms with Crippen LogP contribution in [0.5, 0.6) is 0 Å². The van der Waals surface area contributed by atoms with Crippen molar-refractivity contribution >= 4 is 132 Å². The molecule has 0 bridgehead atoms. The van der Waals surface area contributed by atoms with Gasteiger partial charge in [0.05, 0.1) is 5.69 Å². The normalized spacial score (nSPS) is 12.1. The van der Waals surface area contributed by atoms with Gasteiger partial charge in [0, 0.05) is 56.4 Å². The van der Waals surface area contributed by atoms with Crippen molar-refractivity contribution in [3.8, 4) is 67.8 Å². The summed E-state index contributed by atoms with van der Waals surface area (Å²) in [5.74, 6) is 2.96. The highest BCUT2D eigenvalue weighted by molar-refractivity contribution is 7.20. The lowest BCUT2D eigenvalue weighted by Gasteiger charge is -2.44. The molecule has 0 saturated heterocycles. The number of para-hydroxylation sites is 2. The number of hydrogen-bond acceptors (Lipinski definition) is 9. The first kappa shape index (κ1) is 72.4. The molecule has 21 rings (SSSR count). The van der Waals surface area contributed by atoms with Crippen LogP contribution in [-0.2, 0) is 0 Å². The van der Waals surface area contributed by atoms with Crippen LogP contribution >= 0.6 is 0 Å². The van der Waals surface area contributed by atoms with Gasteiger partial charge in [0.2, 0.25) is 11.9 Å². The Bertz CT molecular complexity index is 6300. The van der Waals surface area contributed by atoms with Crippen LogP contribution in [0.1, 0.15) is 0 Å². The highest BCUT2D eigenvalue weighted by Crippen LogP contribution is 2.49. The highest BCUT2D eigenvalue weighted by Gasteiger charge is 2.48. The molecule has 2 aliphatic heterocycles. The van der Waals surface area contributed by atoms with Crippen LogP contribution in [-0.4, -0.2) is 52.8 Å². The van der Waals surface area contributed by atoms with E-state index in [1.54, 1.807) is 0 Å². The summed E-state index contributed by atoms with van der Waals surface area (Å²) in [5, 5.41) is 9.96. The Hall–Kier alpha value is -15.3. The number of fused-ring (bicyclic) bond motifs is 4. The molecule has 19 aromatic rings. The molecule has 0 fully saturated rings. The zero-order valence-electron chi connectivity index (χ0n) is 65.5. The minimum atomic E-state index is -3.09. The van der Waals surface area contributed by atoms with Crippen molar-refractivity contribution in [1.82, 2.24) is 29.9 Å². The molecule has 2 aliphatic rings. The lowest BCUT2D eigenvalue weighted by atomic mass is 9.33. The molecule has 0 aliphatic carbocycles. The van der Waals surface area contributed by atoms with E-state index in [9.17, 15) is 0 Å². The maximum Gasteiger partial charge on any atom is 0.252 e. The average Bonchev–Trinajstić information content (AvgIpc) is 0.683. The Balaban J connectivity index is 0.864. The van der Waals surface area contributed by atoms with Gasteiger partial charge in [-0.25, -0.2) is 9.97 Å². The molecule has 0 saturated carbocycles. The number of hydrogen-bond donors (Lipinski definition) is 0. The van der Waals surface area contributed by atoms with Gasteiger partial charge in [0.1, 0.15) is 0 Å². The molecule has 0 atom stereocenters. The topological polar surface area (TPSA) is 87.1 Å². The zero-order valence-corrected chi connectivity index (χ0v) is 67.5. The van der Waals surface area contributed by atoms with Crippen LogP contribution in [0.15, 0.2) is 461 Å².